The normalized spacial score (nSPS) is 21.1. The highest BCUT2D eigenvalue weighted by molar-refractivity contribution is 5.42. The summed E-state index contributed by atoms with van der Waals surface area (Å²) in [6.07, 6.45) is 9.10. The van der Waals surface area contributed by atoms with Crippen LogP contribution in [0.5, 0.6) is 0 Å². The Labute approximate surface area is 116 Å². The highest BCUT2D eigenvalue weighted by Gasteiger charge is 2.40. The van der Waals surface area contributed by atoms with E-state index in [0.717, 1.165) is 18.4 Å². The lowest BCUT2D eigenvalue weighted by Gasteiger charge is -2.44. The van der Waals surface area contributed by atoms with Gasteiger partial charge in [0.25, 0.3) is 0 Å². The van der Waals surface area contributed by atoms with E-state index in [9.17, 15) is 0 Å². The Morgan fingerprint density at radius 1 is 1.21 bits per heavy atom. The quantitative estimate of drug-likeness (QED) is 0.820. The number of pyridine rings is 1. The number of aromatic nitrogens is 1. The van der Waals surface area contributed by atoms with Gasteiger partial charge in [-0.1, -0.05) is 31.7 Å². The monoisotopic (exact) mass is 262 g/mol. The molecule has 0 bridgehead atoms. The Hall–Kier alpha value is -1.13. The van der Waals surface area contributed by atoms with Gasteiger partial charge in [-0.25, -0.2) is 4.98 Å². The third-order valence-electron chi connectivity index (χ3n) is 4.65. The Morgan fingerprint density at radius 3 is 2.37 bits per heavy atom. The van der Waals surface area contributed by atoms with Gasteiger partial charge in [0, 0.05) is 17.3 Å². The maximum absolute atomic E-state index is 6.61. The zero-order valence-electron chi connectivity index (χ0n) is 12.1. The van der Waals surface area contributed by atoms with Crippen LogP contribution in [-0.4, -0.2) is 29.5 Å². The summed E-state index contributed by atoms with van der Waals surface area (Å²) >= 11 is 0. The summed E-state index contributed by atoms with van der Waals surface area (Å²) in [7, 11) is 4.27. The molecule has 1 aromatic rings. The van der Waals surface area contributed by atoms with E-state index in [1.807, 2.05) is 12.1 Å². The van der Waals surface area contributed by atoms with Gasteiger partial charge < -0.3 is 16.4 Å². The largest absolute Gasteiger partial charge is 0.383 e. The first-order chi connectivity index (χ1) is 9.08. The molecule has 106 valence electrons. The molecule has 1 fully saturated rings. The summed E-state index contributed by atoms with van der Waals surface area (Å²) in [5.74, 6) is 0.570. The third kappa shape index (κ3) is 2.74. The lowest BCUT2D eigenvalue weighted by Crippen LogP contribution is -2.52. The van der Waals surface area contributed by atoms with E-state index < -0.39 is 0 Å². The van der Waals surface area contributed by atoms with E-state index in [4.69, 9.17) is 11.5 Å². The standard InChI is InChI=1S/C15H26N4/c1-19(2)15(9-5-3-4-6-10-15)13(16)12-8-7-11-18-14(12)17/h7-8,11,13H,3-6,9-10,16H2,1-2H3,(H2,17,18). The zero-order valence-corrected chi connectivity index (χ0v) is 12.1. The molecule has 4 N–H and O–H groups in total. The molecular formula is C15H26N4. The lowest BCUT2D eigenvalue weighted by molar-refractivity contribution is 0.0970. The number of nitrogens with two attached hydrogens (primary N) is 2. The van der Waals surface area contributed by atoms with E-state index >= 15 is 0 Å². The van der Waals surface area contributed by atoms with Crippen molar-refractivity contribution >= 4 is 5.82 Å². The molecule has 4 nitrogen and oxygen atoms in total. The second-order valence-electron chi connectivity index (χ2n) is 5.87. The molecule has 4 heteroatoms. The Bertz CT molecular complexity index is 408. The second kappa shape index (κ2) is 5.88. The minimum absolute atomic E-state index is 0.00759. The van der Waals surface area contributed by atoms with Crippen LogP contribution in [0.3, 0.4) is 0 Å². The van der Waals surface area contributed by atoms with Crippen LogP contribution in [0.4, 0.5) is 5.82 Å². The molecule has 1 aromatic heterocycles. The van der Waals surface area contributed by atoms with E-state index in [1.165, 1.54) is 25.7 Å². The average Bonchev–Trinajstić information content (AvgIpc) is 2.65. The number of nitrogens with zero attached hydrogens (tertiary/aromatic N) is 2. The first-order valence-corrected chi connectivity index (χ1v) is 7.21. The molecule has 19 heavy (non-hydrogen) atoms. The van der Waals surface area contributed by atoms with Gasteiger partial charge in [0.05, 0.1) is 6.04 Å². The fourth-order valence-corrected chi connectivity index (χ4v) is 3.36. The molecule has 1 unspecified atom stereocenters. The molecule has 1 saturated carbocycles. The minimum atomic E-state index is -0.0747. The van der Waals surface area contributed by atoms with Crippen molar-refractivity contribution in [1.82, 2.24) is 9.88 Å². The van der Waals surface area contributed by atoms with Crippen LogP contribution >= 0.6 is 0 Å². The van der Waals surface area contributed by atoms with Crippen molar-refractivity contribution < 1.29 is 0 Å². The number of nitrogen functional groups attached to an aromatic ring is 1. The fraction of sp³-hybridized carbons (Fsp3) is 0.667. The van der Waals surface area contributed by atoms with Crippen molar-refractivity contribution in [3.05, 3.63) is 23.9 Å². The first kappa shape index (κ1) is 14.3. The summed E-state index contributed by atoms with van der Waals surface area (Å²) in [6, 6.07) is 3.86. The summed E-state index contributed by atoms with van der Waals surface area (Å²) in [5.41, 5.74) is 13.6. The summed E-state index contributed by atoms with van der Waals surface area (Å²) in [4.78, 5) is 6.49. The fourth-order valence-electron chi connectivity index (χ4n) is 3.36. The summed E-state index contributed by atoms with van der Waals surface area (Å²) < 4.78 is 0. The summed E-state index contributed by atoms with van der Waals surface area (Å²) in [5, 5.41) is 0. The number of likely N-dealkylation sites (N-methyl/N-ethyl adjacent to an activating group) is 1. The van der Waals surface area contributed by atoms with Crippen molar-refractivity contribution in [3.8, 4) is 0 Å². The van der Waals surface area contributed by atoms with Crippen molar-refractivity contribution in [3.63, 3.8) is 0 Å². The van der Waals surface area contributed by atoms with Crippen molar-refractivity contribution in [2.45, 2.75) is 50.1 Å². The van der Waals surface area contributed by atoms with Crippen LogP contribution in [0.1, 0.15) is 50.1 Å². The smallest absolute Gasteiger partial charge is 0.128 e. The molecule has 1 aliphatic rings. The van der Waals surface area contributed by atoms with E-state index in [0.29, 0.717) is 5.82 Å². The van der Waals surface area contributed by atoms with Gasteiger partial charge >= 0.3 is 0 Å². The van der Waals surface area contributed by atoms with Gasteiger partial charge in [0.2, 0.25) is 0 Å². The van der Waals surface area contributed by atoms with Crippen LogP contribution in [-0.2, 0) is 0 Å². The first-order valence-electron chi connectivity index (χ1n) is 7.21. The molecule has 2 rings (SSSR count). The predicted molar refractivity (Wildman–Crippen MR) is 79.7 cm³/mol. The van der Waals surface area contributed by atoms with Crippen LogP contribution in [0.2, 0.25) is 0 Å². The number of anilines is 1. The van der Waals surface area contributed by atoms with Crippen LogP contribution in [0, 0.1) is 0 Å². The van der Waals surface area contributed by atoms with Crippen LogP contribution in [0.15, 0.2) is 18.3 Å². The van der Waals surface area contributed by atoms with Gasteiger partial charge in [0.15, 0.2) is 0 Å². The highest BCUT2D eigenvalue weighted by Crippen LogP contribution is 2.40. The lowest BCUT2D eigenvalue weighted by atomic mass is 9.78. The van der Waals surface area contributed by atoms with Crippen molar-refractivity contribution in [1.29, 1.82) is 0 Å². The van der Waals surface area contributed by atoms with Gasteiger partial charge in [-0.3, -0.25) is 0 Å². The SMILES string of the molecule is CN(C)C1(C(N)c2cccnc2N)CCCCCC1. The number of rotatable bonds is 3. The van der Waals surface area contributed by atoms with Gasteiger partial charge in [-0.15, -0.1) is 0 Å². The molecule has 0 saturated heterocycles. The maximum atomic E-state index is 6.61. The molecule has 0 amide bonds. The second-order valence-corrected chi connectivity index (χ2v) is 5.87. The number of hydrogen-bond donors (Lipinski definition) is 2. The topological polar surface area (TPSA) is 68.2 Å². The third-order valence-corrected chi connectivity index (χ3v) is 4.65. The van der Waals surface area contributed by atoms with E-state index in [1.54, 1.807) is 6.20 Å². The zero-order chi connectivity index (χ0) is 13.9. The van der Waals surface area contributed by atoms with Crippen LogP contribution < -0.4 is 11.5 Å². The van der Waals surface area contributed by atoms with Crippen molar-refractivity contribution in [2.24, 2.45) is 5.73 Å². The number of hydrogen-bond acceptors (Lipinski definition) is 4. The Balaban J connectivity index is 2.35. The average molecular weight is 262 g/mol. The molecule has 0 aliphatic heterocycles. The molecule has 0 radical (unpaired) electrons. The molecule has 1 atom stereocenters. The Morgan fingerprint density at radius 2 is 1.84 bits per heavy atom. The van der Waals surface area contributed by atoms with Crippen molar-refractivity contribution in [2.75, 3.05) is 19.8 Å². The molecule has 1 aliphatic carbocycles. The van der Waals surface area contributed by atoms with E-state index in [-0.39, 0.29) is 11.6 Å². The molecule has 0 spiro atoms. The Kier molecular flexibility index (Phi) is 4.42. The molecular weight excluding hydrogens is 236 g/mol. The van der Waals surface area contributed by atoms with Gasteiger partial charge in [0.1, 0.15) is 5.82 Å². The highest BCUT2D eigenvalue weighted by atomic mass is 15.2. The predicted octanol–water partition coefficient (Wildman–Crippen LogP) is 2.32. The van der Waals surface area contributed by atoms with E-state index in [2.05, 4.69) is 24.0 Å². The maximum Gasteiger partial charge on any atom is 0.128 e. The minimum Gasteiger partial charge on any atom is -0.383 e. The van der Waals surface area contributed by atoms with Gasteiger partial charge in [-0.2, -0.15) is 0 Å². The summed E-state index contributed by atoms with van der Waals surface area (Å²) in [6.45, 7) is 0. The molecule has 0 aromatic carbocycles. The molecule has 1 heterocycles. The van der Waals surface area contributed by atoms with Gasteiger partial charge in [-0.05, 0) is 33.0 Å². The van der Waals surface area contributed by atoms with Crippen LogP contribution in [0.25, 0.3) is 0 Å².